The molecule has 0 saturated carbocycles. The van der Waals surface area contributed by atoms with E-state index in [9.17, 15) is 4.79 Å². The number of rotatable bonds is 3. The van der Waals surface area contributed by atoms with Gasteiger partial charge in [0.25, 0.3) is 5.91 Å². The zero-order chi connectivity index (χ0) is 12.3. The molecule has 0 fully saturated rings. The minimum absolute atomic E-state index is 0.0603. The average molecular weight is 349 g/mol. The lowest BCUT2D eigenvalue weighted by Crippen LogP contribution is -2.31. The van der Waals surface area contributed by atoms with Crippen LogP contribution in [0, 0.1) is 6.92 Å². The monoisotopic (exact) mass is 347 g/mol. The van der Waals surface area contributed by atoms with E-state index in [1.165, 1.54) is 0 Å². The summed E-state index contributed by atoms with van der Waals surface area (Å²) < 4.78 is 0.971. The maximum Gasteiger partial charge on any atom is 0.253 e. The third kappa shape index (κ3) is 3.32. The Morgan fingerprint density at radius 2 is 2.12 bits per heavy atom. The number of halogens is 2. The summed E-state index contributed by atoms with van der Waals surface area (Å²) in [6.45, 7) is 4.67. The first kappa shape index (κ1) is 13.7. The summed E-state index contributed by atoms with van der Waals surface area (Å²) in [5.41, 5.74) is 1.74. The molecule has 1 rings (SSSR count). The molecule has 2 nitrogen and oxygen atoms in total. The molecule has 0 bridgehead atoms. The van der Waals surface area contributed by atoms with E-state index < -0.39 is 0 Å². The Kier molecular flexibility index (Phi) is 4.99. The standard InChI is InChI=1S/C12H15Br2NO/c1-8(13)7-15(3)12(16)10-5-4-6-11(14)9(10)2/h4-6,8H,7H2,1-3H3. The third-order valence-corrected chi connectivity index (χ3v) is 3.52. The Hall–Kier alpha value is -0.350. The van der Waals surface area contributed by atoms with Gasteiger partial charge in [-0.15, -0.1) is 0 Å². The Labute approximate surface area is 113 Å². The molecule has 0 aliphatic rings. The summed E-state index contributed by atoms with van der Waals surface area (Å²) in [7, 11) is 1.82. The zero-order valence-corrected chi connectivity index (χ0v) is 12.8. The van der Waals surface area contributed by atoms with Crippen molar-refractivity contribution in [1.82, 2.24) is 4.90 Å². The van der Waals surface area contributed by atoms with Gasteiger partial charge in [0.05, 0.1) is 0 Å². The van der Waals surface area contributed by atoms with Crippen LogP contribution in [0.5, 0.6) is 0 Å². The molecule has 0 N–H and O–H groups in total. The van der Waals surface area contributed by atoms with Gasteiger partial charge in [0.2, 0.25) is 0 Å². The van der Waals surface area contributed by atoms with Crippen LogP contribution in [0.4, 0.5) is 0 Å². The first-order valence-corrected chi connectivity index (χ1v) is 6.79. The quantitative estimate of drug-likeness (QED) is 0.764. The number of benzene rings is 1. The second-order valence-electron chi connectivity index (χ2n) is 3.88. The fourth-order valence-electron chi connectivity index (χ4n) is 1.51. The van der Waals surface area contributed by atoms with E-state index in [-0.39, 0.29) is 5.91 Å². The van der Waals surface area contributed by atoms with Crippen LogP contribution in [0.2, 0.25) is 0 Å². The van der Waals surface area contributed by atoms with Crippen molar-refractivity contribution in [3.63, 3.8) is 0 Å². The Morgan fingerprint density at radius 3 is 2.69 bits per heavy atom. The maximum absolute atomic E-state index is 12.1. The van der Waals surface area contributed by atoms with Crippen LogP contribution < -0.4 is 0 Å². The van der Waals surface area contributed by atoms with Crippen molar-refractivity contribution < 1.29 is 4.79 Å². The van der Waals surface area contributed by atoms with Crippen molar-refractivity contribution in [3.8, 4) is 0 Å². The minimum Gasteiger partial charge on any atom is -0.341 e. The van der Waals surface area contributed by atoms with Gasteiger partial charge in [0.1, 0.15) is 0 Å². The lowest BCUT2D eigenvalue weighted by Gasteiger charge is -2.20. The van der Waals surface area contributed by atoms with E-state index in [2.05, 4.69) is 31.9 Å². The number of hydrogen-bond donors (Lipinski definition) is 0. The minimum atomic E-state index is 0.0603. The number of nitrogens with zero attached hydrogens (tertiary/aromatic N) is 1. The van der Waals surface area contributed by atoms with E-state index in [0.29, 0.717) is 11.4 Å². The van der Waals surface area contributed by atoms with E-state index >= 15 is 0 Å². The lowest BCUT2D eigenvalue weighted by molar-refractivity contribution is 0.0796. The molecule has 0 aliphatic heterocycles. The van der Waals surface area contributed by atoms with Gasteiger partial charge >= 0.3 is 0 Å². The molecule has 1 amide bonds. The summed E-state index contributed by atoms with van der Waals surface area (Å²) in [6, 6.07) is 5.69. The van der Waals surface area contributed by atoms with E-state index in [1.807, 2.05) is 39.1 Å². The summed E-state index contributed by atoms with van der Waals surface area (Å²) in [5.74, 6) is 0.0603. The SMILES string of the molecule is Cc1c(Br)cccc1C(=O)N(C)CC(C)Br. The highest BCUT2D eigenvalue weighted by molar-refractivity contribution is 9.10. The highest BCUT2D eigenvalue weighted by atomic mass is 79.9. The van der Waals surface area contributed by atoms with Gasteiger partial charge in [-0.25, -0.2) is 0 Å². The second kappa shape index (κ2) is 5.82. The molecule has 0 spiro atoms. The Balaban J connectivity index is 2.92. The van der Waals surface area contributed by atoms with Crippen molar-refractivity contribution in [3.05, 3.63) is 33.8 Å². The van der Waals surface area contributed by atoms with Crippen LogP contribution in [0.25, 0.3) is 0 Å². The molecular weight excluding hydrogens is 334 g/mol. The van der Waals surface area contributed by atoms with Crippen LogP contribution in [-0.4, -0.2) is 29.2 Å². The molecule has 4 heteroatoms. The van der Waals surface area contributed by atoms with Gasteiger partial charge in [-0.05, 0) is 24.6 Å². The third-order valence-electron chi connectivity index (χ3n) is 2.37. The van der Waals surface area contributed by atoms with Crippen LogP contribution in [0.1, 0.15) is 22.8 Å². The molecule has 0 aliphatic carbocycles. The smallest absolute Gasteiger partial charge is 0.253 e. The number of alkyl halides is 1. The first-order valence-electron chi connectivity index (χ1n) is 5.08. The van der Waals surface area contributed by atoms with Crippen molar-refractivity contribution in [2.45, 2.75) is 18.7 Å². The molecular formula is C12H15Br2NO. The van der Waals surface area contributed by atoms with Crippen LogP contribution in [0.15, 0.2) is 22.7 Å². The van der Waals surface area contributed by atoms with E-state index in [1.54, 1.807) is 4.90 Å². The molecule has 16 heavy (non-hydrogen) atoms. The van der Waals surface area contributed by atoms with Gasteiger partial charge in [-0.3, -0.25) is 4.79 Å². The predicted molar refractivity (Wildman–Crippen MR) is 74.2 cm³/mol. The number of carbonyl (C=O) groups is 1. The predicted octanol–water partition coefficient (Wildman–Crippen LogP) is 3.61. The van der Waals surface area contributed by atoms with Crippen LogP contribution >= 0.6 is 31.9 Å². The molecule has 1 aromatic rings. The van der Waals surface area contributed by atoms with Crippen LogP contribution in [0.3, 0.4) is 0 Å². The van der Waals surface area contributed by atoms with Gasteiger partial charge in [0.15, 0.2) is 0 Å². The fourth-order valence-corrected chi connectivity index (χ4v) is 2.31. The first-order chi connectivity index (χ1) is 7.43. The summed E-state index contributed by atoms with van der Waals surface area (Å²) in [5, 5.41) is 0. The van der Waals surface area contributed by atoms with Crippen molar-refractivity contribution in [2.24, 2.45) is 0 Å². The molecule has 88 valence electrons. The maximum atomic E-state index is 12.1. The Morgan fingerprint density at radius 1 is 1.50 bits per heavy atom. The van der Waals surface area contributed by atoms with Gasteiger partial charge < -0.3 is 4.90 Å². The van der Waals surface area contributed by atoms with E-state index in [0.717, 1.165) is 15.6 Å². The summed E-state index contributed by atoms with van der Waals surface area (Å²) >= 11 is 6.88. The van der Waals surface area contributed by atoms with Gasteiger partial charge in [-0.2, -0.15) is 0 Å². The van der Waals surface area contributed by atoms with E-state index in [4.69, 9.17) is 0 Å². The topological polar surface area (TPSA) is 20.3 Å². The zero-order valence-electron chi connectivity index (χ0n) is 9.63. The summed E-state index contributed by atoms with van der Waals surface area (Å²) in [4.78, 5) is 14.2. The molecule has 0 radical (unpaired) electrons. The fraction of sp³-hybridized carbons (Fsp3) is 0.417. The number of amides is 1. The summed E-state index contributed by atoms with van der Waals surface area (Å²) in [6.07, 6.45) is 0. The number of hydrogen-bond acceptors (Lipinski definition) is 1. The number of carbonyl (C=O) groups excluding carboxylic acids is 1. The lowest BCUT2D eigenvalue weighted by atomic mass is 10.1. The molecule has 1 atom stereocenters. The molecule has 0 aromatic heterocycles. The van der Waals surface area contributed by atoms with Crippen molar-refractivity contribution in [1.29, 1.82) is 0 Å². The Bertz CT molecular complexity index is 391. The largest absolute Gasteiger partial charge is 0.341 e. The highest BCUT2D eigenvalue weighted by Gasteiger charge is 2.16. The molecule has 1 unspecified atom stereocenters. The molecule has 0 saturated heterocycles. The molecule has 0 heterocycles. The van der Waals surface area contributed by atoms with Crippen molar-refractivity contribution >= 4 is 37.8 Å². The second-order valence-corrected chi connectivity index (χ2v) is 6.30. The normalized spacial score (nSPS) is 12.3. The van der Waals surface area contributed by atoms with Crippen LogP contribution in [-0.2, 0) is 0 Å². The van der Waals surface area contributed by atoms with Crippen molar-refractivity contribution in [2.75, 3.05) is 13.6 Å². The molecule has 1 aromatic carbocycles. The van der Waals surface area contributed by atoms with Gasteiger partial charge in [-0.1, -0.05) is 44.8 Å². The highest BCUT2D eigenvalue weighted by Crippen LogP contribution is 2.20. The van der Waals surface area contributed by atoms with Gasteiger partial charge in [0, 0.05) is 28.5 Å². The average Bonchev–Trinajstić information content (AvgIpc) is 2.20.